The number of amides is 3. The molecule has 3 aromatic carbocycles. The highest BCUT2D eigenvalue weighted by atomic mass is 32.2. The van der Waals surface area contributed by atoms with E-state index in [1.165, 1.54) is 42.0 Å². The SMILES string of the molecule is COc1ccc(C2c3sc(=O)n(CC(=O)Nc4ccc(S(N)(=O)=O)cc4)c3SC3C(=O)N(c4cccc(C(F)(F)F)c4)C(=O)C32)cc1. The average molecular weight is 705 g/mol. The molecule has 3 atom stereocenters. The van der Waals surface area contributed by atoms with Crippen molar-refractivity contribution in [2.75, 3.05) is 17.3 Å². The van der Waals surface area contributed by atoms with E-state index >= 15 is 0 Å². The minimum Gasteiger partial charge on any atom is -0.497 e. The third-order valence-corrected chi connectivity index (χ3v) is 11.3. The van der Waals surface area contributed by atoms with Gasteiger partial charge in [0, 0.05) is 16.5 Å². The maximum Gasteiger partial charge on any atom is 0.416 e. The number of thioether (sulfide) groups is 1. The number of nitrogens with one attached hydrogen (secondary N) is 1. The Morgan fingerprint density at radius 1 is 1.00 bits per heavy atom. The van der Waals surface area contributed by atoms with Crippen LogP contribution in [0.2, 0.25) is 0 Å². The van der Waals surface area contributed by atoms with Crippen molar-refractivity contribution in [1.82, 2.24) is 4.57 Å². The molecule has 3 amide bonds. The highest BCUT2D eigenvalue weighted by molar-refractivity contribution is 8.00. The second-order valence-electron chi connectivity index (χ2n) is 10.6. The molecule has 3 heterocycles. The van der Waals surface area contributed by atoms with Gasteiger partial charge in [-0.05, 0) is 60.2 Å². The molecule has 3 N–H and O–H groups in total. The van der Waals surface area contributed by atoms with Crippen LogP contribution in [0.5, 0.6) is 5.75 Å². The predicted molar refractivity (Wildman–Crippen MR) is 167 cm³/mol. The number of hydrogen-bond acceptors (Lipinski definition) is 9. The Morgan fingerprint density at radius 2 is 1.68 bits per heavy atom. The number of ether oxygens (including phenoxy) is 1. The predicted octanol–water partition coefficient (Wildman–Crippen LogP) is 4.02. The van der Waals surface area contributed by atoms with Crippen LogP contribution in [-0.2, 0) is 37.1 Å². The first-order chi connectivity index (χ1) is 22.2. The molecule has 0 spiro atoms. The molecule has 0 bridgehead atoms. The van der Waals surface area contributed by atoms with Gasteiger partial charge in [0.05, 0.1) is 34.2 Å². The van der Waals surface area contributed by atoms with Gasteiger partial charge in [-0.1, -0.05) is 41.3 Å². The summed E-state index contributed by atoms with van der Waals surface area (Å²) in [5.74, 6) is -3.51. The van der Waals surface area contributed by atoms with Crippen molar-refractivity contribution in [2.24, 2.45) is 11.1 Å². The Bertz CT molecular complexity index is 2080. The van der Waals surface area contributed by atoms with Crippen LogP contribution in [0.1, 0.15) is 21.9 Å². The molecule has 1 saturated heterocycles. The number of carbonyl (C=O) groups excluding carboxylic acids is 3. The number of imide groups is 1. The van der Waals surface area contributed by atoms with Gasteiger partial charge in [0.2, 0.25) is 27.7 Å². The fourth-order valence-electron chi connectivity index (χ4n) is 5.57. The topological polar surface area (TPSA) is 158 Å². The van der Waals surface area contributed by atoms with Gasteiger partial charge in [0.1, 0.15) is 17.5 Å². The molecule has 1 fully saturated rings. The van der Waals surface area contributed by atoms with Crippen LogP contribution in [0, 0.1) is 5.92 Å². The van der Waals surface area contributed by atoms with E-state index in [4.69, 9.17) is 9.88 Å². The summed E-state index contributed by atoms with van der Waals surface area (Å²) in [6.45, 7) is -0.485. The summed E-state index contributed by atoms with van der Waals surface area (Å²) in [5, 5.41) is 6.85. The molecular formula is C30H23F3N4O7S3. The third kappa shape index (κ3) is 6.06. The number of nitrogens with zero attached hydrogens (tertiary/aromatic N) is 2. The third-order valence-electron chi connectivity index (χ3n) is 7.72. The molecular weight excluding hydrogens is 682 g/mol. The first kappa shape index (κ1) is 32.5. The molecule has 6 rings (SSSR count). The number of primary sulfonamides is 1. The van der Waals surface area contributed by atoms with Crippen LogP contribution in [0.15, 0.2) is 87.5 Å². The first-order valence-corrected chi connectivity index (χ1v) is 16.9. The van der Waals surface area contributed by atoms with Crippen LogP contribution in [0.4, 0.5) is 24.5 Å². The second-order valence-corrected chi connectivity index (χ2v) is 14.3. The highest BCUT2D eigenvalue weighted by Crippen LogP contribution is 2.54. The Balaban J connectivity index is 1.38. The minimum absolute atomic E-state index is 0.163. The lowest BCUT2D eigenvalue weighted by Crippen LogP contribution is -2.33. The summed E-state index contributed by atoms with van der Waals surface area (Å²) in [6, 6.07) is 15.7. The smallest absolute Gasteiger partial charge is 0.416 e. The summed E-state index contributed by atoms with van der Waals surface area (Å²) >= 11 is 1.71. The number of hydrogen-bond donors (Lipinski definition) is 2. The number of alkyl halides is 3. The number of aromatic nitrogens is 1. The molecule has 244 valence electrons. The van der Waals surface area contributed by atoms with Crippen molar-refractivity contribution in [2.45, 2.75) is 33.8 Å². The van der Waals surface area contributed by atoms with E-state index in [0.717, 1.165) is 46.2 Å². The van der Waals surface area contributed by atoms with Crippen molar-refractivity contribution >= 4 is 62.2 Å². The Labute approximate surface area is 273 Å². The lowest BCUT2D eigenvalue weighted by atomic mass is 9.83. The maximum absolute atomic E-state index is 14.0. The summed E-state index contributed by atoms with van der Waals surface area (Å²) in [6.07, 6.45) is -4.71. The first-order valence-electron chi connectivity index (χ1n) is 13.7. The number of methoxy groups -OCH3 is 1. The van der Waals surface area contributed by atoms with Crippen LogP contribution < -0.4 is 25.0 Å². The molecule has 2 aliphatic rings. The standard InChI is InChI=1S/C30H23F3N4O7S3/c1-44-19-9-5-15(6-10-19)22-23-24(27(40)37(26(23)39)18-4-2-3-16(13-18)30(31,32)33)45-28-25(22)46-29(41)36(28)14-21(38)35-17-7-11-20(12-8-17)47(34,42)43/h2-13,22-24H,14H2,1H3,(H,35,38)(H2,34,42,43). The number of benzene rings is 3. The summed E-state index contributed by atoms with van der Waals surface area (Å²) < 4.78 is 70.1. The zero-order chi connectivity index (χ0) is 33.8. The van der Waals surface area contributed by atoms with Crippen LogP contribution in [-0.4, -0.2) is 43.1 Å². The quantitative estimate of drug-likeness (QED) is 0.273. The molecule has 11 nitrogen and oxygen atoms in total. The molecule has 2 aliphatic heterocycles. The Hall–Kier alpha value is -4.45. The number of halogens is 3. The number of thiazole rings is 1. The van der Waals surface area contributed by atoms with E-state index in [0.29, 0.717) is 16.2 Å². The van der Waals surface area contributed by atoms with Crippen LogP contribution in [0.3, 0.4) is 0 Å². The van der Waals surface area contributed by atoms with Gasteiger partial charge in [-0.25, -0.2) is 18.5 Å². The molecule has 1 aromatic heterocycles. The largest absolute Gasteiger partial charge is 0.497 e. The number of fused-ring (bicyclic) bond motifs is 2. The van der Waals surface area contributed by atoms with Gasteiger partial charge in [-0.15, -0.1) is 0 Å². The summed E-state index contributed by atoms with van der Waals surface area (Å²) in [4.78, 5) is 54.7. The highest BCUT2D eigenvalue weighted by Gasteiger charge is 2.57. The molecule has 17 heteroatoms. The van der Waals surface area contributed by atoms with Crippen molar-refractivity contribution in [3.8, 4) is 5.75 Å². The fraction of sp³-hybridized carbons (Fsp3) is 0.200. The number of carbonyl (C=O) groups is 3. The van der Waals surface area contributed by atoms with E-state index in [-0.39, 0.29) is 21.3 Å². The van der Waals surface area contributed by atoms with Gasteiger partial charge in [-0.2, -0.15) is 13.2 Å². The number of sulfonamides is 1. The molecule has 47 heavy (non-hydrogen) atoms. The summed E-state index contributed by atoms with van der Waals surface area (Å²) in [5.41, 5.74) is -0.464. The van der Waals surface area contributed by atoms with E-state index in [9.17, 15) is 40.8 Å². The zero-order valence-corrected chi connectivity index (χ0v) is 26.5. The molecule has 3 unspecified atom stereocenters. The number of nitrogens with two attached hydrogens (primary N) is 1. The van der Waals surface area contributed by atoms with Gasteiger partial charge < -0.3 is 10.1 Å². The molecule has 0 saturated carbocycles. The van der Waals surface area contributed by atoms with Gasteiger partial charge in [0.15, 0.2) is 0 Å². The van der Waals surface area contributed by atoms with E-state index in [2.05, 4.69) is 5.32 Å². The maximum atomic E-state index is 14.0. The minimum atomic E-state index is -4.71. The Kier molecular flexibility index (Phi) is 8.27. The van der Waals surface area contributed by atoms with E-state index < -0.39 is 68.0 Å². The normalized spacial score (nSPS) is 19.3. The van der Waals surface area contributed by atoms with Crippen LogP contribution >= 0.6 is 23.1 Å². The summed E-state index contributed by atoms with van der Waals surface area (Å²) in [7, 11) is -2.48. The fourth-order valence-corrected chi connectivity index (χ4v) is 8.86. The van der Waals surface area contributed by atoms with Crippen LogP contribution in [0.25, 0.3) is 0 Å². The second kappa shape index (κ2) is 12.0. The van der Waals surface area contributed by atoms with Crippen molar-refractivity contribution in [3.63, 3.8) is 0 Å². The van der Waals surface area contributed by atoms with Gasteiger partial charge in [-0.3, -0.25) is 23.7 Å². The van der Waals surface area contributed by atoms with Crippen molar-refractivity contribution in [3.05, 3.63) is 98.5 Å². The lowest BCUT2D eigenvalue weighted by molar-refractivity contribution is -0.137. The zero-order valence-electron chi connectivity index (χ0n) is 24.1. The molecule has 4 aromatic rings. The van der Waals surface area contributed by atoms with Crippen molar-refractivity contribution in [1.29, 1.82) is 0 Å². The van der Waals surface area contributed by atoms with E-state index in [1.54, 1.807) is 24.3 Å². The van der Waals surface area contributed by atoms with Crippen molar-refractivity contribution < 1.29 is 40.7 Å². The Morgan fingerprint density at radius 3 is 2.30 bits per heavy atom. The number of anilines is 2. The molecule has 0 aliphatic carbocycles. The van der Waals surface area contributed by atoms with Gasteiger partial charge in [0.25, 0.3) is 0 Å². The average Bonchev–Trinajstić information content (AvgIpc) is 3.46. The number of rotatable bonds is 7. The van der Waals surface area contributed by atoms with Gasteiger partial charge >= 0.3 is 11.0 Å². The monoisotopic (exact) mass is 704 g/mol. The van der Waals surface area contributed by atoms with E-state index in [1.807, 2.05) is 0 Å². The molecule has 0 radical (unpaired) electrons. The lowest BCUT2D eigenvalue weighted by Gasteiger charge is -2.30.